The van der Waals surface area contributed by atoms with E-state index in [1.807, 2.05) is 6.92 Å². The largest absolute Gasteiger partial charge is 0.462 e. The van der Waals surface area contributed by atoms with Gasteiger partial charge in [-0.1, -0.05) is 13.3 Å². The minimum Gasteiger partial charge on any atom is -0.462 e. The quantitative estimate of drug-likeness (QED) is 0.355. The van der Waals surface area contributed by atoms with Gasteiger partial charge in [-0.2, -0.15) is 22.7 Å². The maximum absolute atomic E-state index is 12.9. The number of hydrogen-bond acceptors (Lipinski definition) is 6. The first-order chi connectivity index (χ1) is 14.8. The lowest BCUT2D eigenvalue weighted by atomic mass is 10.2. The van der Waals surface area contributed by atoms with Gasteiger partial charge in [0, 0.05) is 18.1 Å². The summed E-state index contributed by atoms with van der Waals surface area (Å²) in [6.45, 7) is 2.32. The third-order valence-corrected chi connectivity index (χ3v) is 4.60. The molecule has 0 spiro atoms. The van der Waals surface area contributed by atoms with Crippen molar-refractivity contribution in [2.45, 2.75) is 25.9 Å². The zero-order chi connectivity index (χ0) is 22.2. The number of ether oxygens (including phenoxy) is 1. The molecule has 4 rings (SSSR count). The summed E-state index contributed by atoms with van der Waals surface area (Å²) in [4.78, 5) is 32.1. The maximum Gasteiger partial charge on any atom is 0.453 e. The Balaban J connectivity index is 1.70. The zero-order valence-electron chi connectivity index (χ0n) is 16.3. The predicted octanol–water partition coefficient (Wildman–Crippen LogP) is 3.40. The fourth-order valence-electron chi connectivity index (χ4n) is 2.99. The van der Waals surface area contributed by atoms with E-state index in [4.69, 9.17) is 4.74 Å². The first-order valence-electron chi connectivity index (χ1n) is 9.41. The van der Waals surface area contributed by atoms with Crippen molar-refractivity contribution in [2.24, 2.45) is 0 Å². The molecule has 0 N–H and O–H groups in total. The Kier molecular flexibility index (Phi) is 5.17. The van der Waals surface area contributed by atoms with Gasteiger partial charge in [0.15, 0.2) is 0 Å². The van der Waals surface area contributed by atoms with Crippen LogP contribution in [0.2, 0.25) is 0 Å². The van der Waals surface area contributed by atoms with Crippen LogP contribution in [0.25, 0.3) is 22.4 Å². The van der Waals surface area contributed by atoms with Gasteiger partial charge in [-0.05, 0) is 36.8 Å². The third-order valence-electron chi connectivity index (χ3n) is 4.60. The van der Waals surface area contributed by atoms with Crippen LogP contribution in [0.15, 0.2) is 47.5 Å². The van der Waals surface area contributed by atoms with E-state index in [1.165, 1.54) is 29.0 Å². The van der Waals surface area contributed by atoms with Crippen LogP contribution in [0.4, 0.5) is 13.2 Å². The Morgan fingerprint density at radius 3 is 2.58 bits per heavy atom. The summed E-state index contributed by atoms with van der Waals surface area (Å²) in [6.07, 6.45) is -0.474. The van der Waals surface area contributed by atoms with Crippen LogP contribution >= 0.6 is 0 Å². The minimum atomic E-state index is -4.73. The number of unbranched alkanes of at least 4 members (excludes halogenated alkanes) is 1. The van der Waals surface area contributed by atoms with Gasteiger partial charge in [0.2, 0.25) is 0 Å². The van der Waals surface area contributed by atoms with E-state index in [0.29, 0.717) is 17.9 Å². The Labute approximate surface area is 172 Å². The van der Waals surface area contributed by atoms with Crippen molar-refractivity contribution >= 4 is 22.6 Å². The summed E-state index contributed by atoms with van der Waals surface area (Å²) < 4.78 is 46.0. The molecule has 4 aromatic rings. The number of alkyl halides is 3. The summed E-state index contributed by atoms with van der Waals surface area (Å²) in [5.41, 5.74) is 0.450. The second kappa shape index (κ2) is 7.82. The summed E-state index contributed by atoms with van der Waals surface area (Å²) in [7, 11) is 0. The SMILES string of the molecule is CCCCOC(=O)c1ccc(-n2ccc3c(cnc4nc(C(F)(F)F)nn43)c2=O)cc1. The molecule has 3 aromatic heterocycles. The van der Waals surface area contributed by atoms with E-state index >= 15 is 0 Å². The number of esters is 1. The molecular weight excluding hydrogens is 415 g/mol. The number of hydrogen-bond donors (Lipinski definition) is 0. The van der Waals surface area contributed by atoms with Crippen molar-refractivity contribution in [3.8, 4) is 5.69 Å². The topological polar surface area (TPSA) is 91.4 Å². The highest BCUT2D eigenvalue weighted by molar-refractivity contribution is 5.89. The van der Waals surface area contributed by atoms with Crippen molar-refractivity contribution in [2.75, 3.05) is 6.61 Å². The number of nitrogens with zero attached hydrogens (tertiary/aromatic N) is 5. The van der Waals surface area contributed by atoms with Crippen molar-refractivity contribution in [1.82, 2.24) is 24.1 Å². The van der Waals surface area contributed by atoms with Gasteiger partial charge in [0.1, 0.15) is 0 Å². The molecule has 8 nitrogen and oxygen atoms in total. The van der Waals surface area contributed by atoms with Gasteiger partial charge in [-0.15, -0.1) is 5.10 Å². The highest BCUT2D eigenvalue weighted by Crippen LogP contribution is 2.26. The second-order valence-corrected chi connectivity index (χ2v) is 6.73. The van der Waals surface area contributed by atoms with Gasteiger partial charge in [0.25, 0.3) is 17.2 Å². The van der Waals surface area contributed by atoms with Crippen molar-refractivity contribution in [3.05, 3.63) is 64.5 Å². The van der Waals surface area contributed by atoms with Crippen molar-refractivity contribution in [1.29, 1.82) is 0 Å². The fourth-order valence-corrected chi connectivity index (χ4v) is 2.99. The van der Waals surface area contributed by atoms with Crippen molar-refractivity contribution < 1.29 is 22.7 Å². The first kappa shape index (κ1) is 20.5. The van der Waals surface area contributed by atoms with Crippen LogP contribution in [0.1, 0.15) is 35.9 Å². The third kappa shape index (κ3) is 3.86. The van der Waals surface area contributed by atoms with Crippen LogP contribution in [0, 0.1) is 0 Å². The molecule has 3 heterocycles. The lowest BCUT2D eigenvalue weighted by molar-refractivity contribution is -0.144. The lowest BCUT2D eigenvalue weighted by Crippen LogP contribution is -2.19. The number of carbonyl (C=O) groups excluding carboxylic acids is 1. The van der Waals surface area contributed by atoms with Crippen LogP contribution in [0.3, 0.4) is 0 Å². The molecule has 0 amide bonds. The van der Waals surface area contributed by atoms with Gasteiger partial charge >= 0.3 is 12.1 Å². The Morgan fingerprint density at radius 1 is 1.16 bits per heavy atom. The molecule has 0 aliphatic heterocycles. The molecule has 0 saturated heterocycles. The summed E-state index contributed by atoms with van der Waals surface area (Å²) in [5.74, 6) is -2.05. The van der Waals surface area contributed by atoms with Gasteiger partial charge in [-0.3, -0.25) is 9.36 Å². The molecule has 160 valence electrons. The van der Waals surface area contributed by atoms with Gasteiger partial charge < -0.3 is 4.74 Å². The van der Waals surface area contributed by atoms with Crippen LogP contribution in [-0.2, 0) is 10.9 Å². The molecule has 0 aliphatic rings. The minimum absolute atomic E-state index is 0.0664. The average molecular weight is 431 g/mol. The van der Waals surface area contributed by atoms with Crippen LogP contribution < -0.4 is 5.56 Å². The number of aromatic nitrogens is 5. The van der Waals surface area contributed by atoms with Gasteiger partial charge in [-0.25, -0.2) is 9.78 Å². The number of fused-ring (bicyclic) bond motifs is 3. The normalized spacial score (nSPS) is 11.9. The summed E-state index contributed by atoms with van der Waals surface area (Å²) >= 11 is 0. The number of carbonyl (C=O) groups is 1. The molecule has 31 heavy (non-hydrogen) atoms. The van der Waals surface area contributed by atoms with Crippen LogP contribution in [0.5, 0.6) is 0 Å². The summed E-state index contributed by atoms with van der Waals surface area (Å²) in [5, 5.41) is 3.50. The zero-order valence-corrected chi connectivity index (χ0v) is 16.3. The molecule has 0 saturated carbocycles. The van der Waals surface area contributed by atoms with Crippen molar-refractivity contribution in [3.63, 3.8) is 0 Å². The number of halogens is 3. The summed E-state index contributed by atoms with van der Waals surface area (Å²) in [6, 6.07) is 7.68. The number of benzene rings is 1. The molecule has 0 fully saturated rings. The number of rotatable bonds is 5. The molecule has 0 aliphatic carbocycles. The predicted molar refractivity (Wildman–Crippen MR) is 104 cm³/mol. The lowest BCUT2D eigenvalue weighted by Gasteiger charge is -2.09. The van der Waals surface area contributed by atoms with Crippen LogP contribution in [-0.4, -0.2) is 36.7 Å². The standard InChI is InChI=1S/C20H16F3N5O3/c1-2-3-10-31-17(30)12-4-6-13(7-5-12)27-9-8-15-14(16(27)29)11-24-19-25-18(20(21,22)23)26-28(15)19/h4-9,11H,2-3,10H2,1H3. The smallest absolute Gasteiger partial charge is 0.453 e. The maximum atomic E-state index is 12.9. The monoisotopic (exact) mass is 431 g/mol. The highest BCUT2D eigenvalue weighted by atomic mass is 19.4. The molecular formula is C20H16F3N5O3. The molecule has 0 bridgehead atoms. The first-order valence-corrected chi connectivity index (χ1v) is 9.41. The molecule has 11 heteroatoms. The van der Waals surface area contributed by atoms with E-state index in [-0.39, 0.29) is 16.7 Å². The van der Waals surface area contributed by atoms with E-state index in [2.05, 4.69) is 15.1 Å². The fraction of sp³-hybridized carbons (Fsp3) is 0.250. The van der Waals surface area contributed by atoms with Gasteiger partial charge in [0.05, 0.1) is 23.1 Å². The van der Waals surface area contributed by atoms with E-state index < -0.39 is 23.5 Å². The Morgan fingerprint density at radius 2 is 1.90 bits per heavy atom. The second-order valence-electron chi connectivity index (χ2n) is 6.73. The number of pyridine rings is 1. The Hall–Kier alpha value is -3.76. The highest BCUT2D eigenvalue weighted by Gasteiger charge is 2.36. The average Bonchev–Trinajstić information content (AvgIpc) is 3.20. The van der Waals surface area contributed by atoms with E-state index in [1.54, 1.807) is 12.1 Å². The Bertz CT molecular complexity index is 1330. The molecule has 0 atom stereocenters. The molecule has 1 aromatic carbocycles. The molecule has 0 radical (unpaired) electrons. The van der Waals surface area contributed by atoms with E-state index in [9.17, 15) is 22.8 Å². The van der Waals surface area contributed by atoms with E-state index in [0.717, 1.165) is 23.6 Å². The molecule has 0 unspecified atom stereocenters.